The van der Waals surface area contributed by atoms with E-state index in [1.165, 1.54) is 0 Å². The first-order valence-electron chi connectivity index (χ1n) is 9.12. The second kappa shape index (κ2) is 9.58. The zero-order valence-corrected chi connectivity index (χ0v) is 16.6. The van der Waals surface area contributed by atoms with Crippen molar-refractivity contribution in [3.63, 3.8) is 0 Å². The van der Waals surface area contributed by atoms with Gasteiger partial charge < -0.3 is 24.4 Å². The number of methoxy groups -OCH3 is 2. The summed E-state index contributed by atoms with van der Waals surface area (Å²) in [4.78, 5) is 2.16. The summed E-state index contributed by atoms with van der Waals surface area (Å²) in [6.07, 6.45) is 2.39. The Balaban J connectivity index is 1.71. The number of nitrogens with one attached hydrogen (secondary N) is 1. The number of rotatable bonds is 7. The number of ether oxygens (including phenoxy) is 3. The van der Waals surface area contributed by atoms with Gasteiger partial charge in [0.15, 0.2) is 5.11 Å². The lowest BCUT2D eigenvalue weighted by molar-refractivity contribution is 0.0905. The minimum Gasteiger partial charge on any atom is -0.497 e. The third kappa shape index (κ3) is 5.58. The summed E-state index contributed by atoms with van der Waals surface area (Å²) in [5.74, 6) is 1.66. The topological polar surface area (TPSA) is 43.0 Å². The van der Waals surface area contributed by atoms with Gasteiger partial charge in [-0.3, -0.25) is 0 Å². The minimum atomic E-state index is 0.214. The zero-order chi connectivity index (χ0) is 19.1. The fraction of sp³-hybridized carbons (Fsp3) is 0.381. The molecule has 0 amide bonds. The van der Waals surface area contributed by atoms with Crippen LogP contribution in [0.1, 0.15) is 18.4 Å². The van der Waals surface area contributed by atoms with Gasteiger partial charge in [0.1, 0.15) is 11.5 Å². The van der Waals surface area contributed by atoms with Crippen molar-refractivity contribution < 1.29 is 14.2 Å². The van der Waals surface area contributed by atoms with Crippen LogP contribution < -0.4 is 14.8 Å². The molecule has 2 aromatic carbocycles. The molecule has 1 heterocycles. The number of hydrogen-bond acceptors (Lipinski definition) is 4. The maximum Gasteiger partial charge on any atom is 0.173 e. The Morgan fingerprint density at radius 1 is 1.15 bits per heavy atom. The van der Waals surface area contributed by atoms with Gasteiger partial charge in [0.2, 0.25) is 0 Å². The molecule has 0 spiro atoms. The molecule has 0 saturated carbocycles. The molecule has 3 rings (SSSR count). The van der Waals surface area contributed by atoms with Gasteiger partial charge in [-0.1, -0.05) is 12.1 Å². The van der Waals surface area contributed by atoms with Crippen molar-refractivity contribution in [2.75, 3.05) is 32.7 Å². The molecule has 1 atom stereocenters. The van der Waals surface area contributed by atoms with Crippen LogP contribution in [-0.4, -0.2) is 43.5 Å². The number of anilines is 1. The van der Waals surface area contributed by atoms with E-state index < -0.39 is 0 Å². The molecule has 1 saturated heterocycles. The second-order valence-electron chi connectivity index (χ2n) is 6.53. The Hall–Kier alpha value is -2.31. The Kier molecular flexibility index (Phi) is 6.90. The molecule has 0 aliphatic carbocycles. The van der Waals surface area contributed by atoms with Crippen LogP contribution in [0.15, 0.2) is 48.5 Å². The smallest absolute Gasteiger partial charge is 0.173 e. The summed E-state index contributed by atoms with van der Waals surface area (Å²) in [6, 6.07) is 15.8. The van der Waals surface area contributed by atoms with Gasteiger partial charge in [-0.05, 0) is 67.0 Å². The standard InChI is InChI=1S/C21H26N2O3S/c1-24-18-10-8-17(9-11-18)22-21(27)23(15-20-7-4-12-26-20)14-16-5-3-6-19(13-16)25-2/h3,5-6,8-11,13,20H,4,7,12,14-15H2,1-2H3,(H,22,27). The van der Waals surface area contributed by atoms with Gasteiger partial charge in [0.25, 0.3) is 0 Å². The van der Waals surface area contributed by atoms with Crippen LogP contribution in [0.4, 0.5) is 5.69 Å². The molecule has 1 fully saturated rings. The highest BCUT2D eigenvalue weighted by Crippen LogP contribution is 2.20. The molecule has 6 heteroatoms. The fourth-order valence-electron chi connectivity index (χ4n) is 3.12. The molecule has 144 valence electrons. The summed E-state index contributed by atoms with van der Waals surface area (Å²) < 4.78 is 16.4. The summed E-state index contributed by atoms with van der Waals surface area (Å²) in [5.41, 5.74) is 2.08. The first-order chi connectivity index (χ1) is 13.2. The maximum atomic E-state index is 5.83. The second-order valence-corrected chi connectivity index (χ2v) is 6.91. The summed E-state index contributed by atoms with van der Waals surface area (Å²) >= 11 is 5.71. The number of hydrogen-bond donors (Lipinski definition) is 1. The van der Waals surface area contributed by atoms with Crippen LogP contribution in [0, 0.1) is 0 Å². The van der Waals surface area contributed by atoms with E-state index in [-0.39, 0.29) is 6.10 Å². The highest BCUT2D eigenvalue weighted by molar-refractivity contribution is 7.80. The molecule has 0 aromatic heterocycles. The third-order valence-corrected chi connectivity index (χ3v) is 4.94. The van der Waals surface area contributed by atoms with Crippen LogP contribution in [0.3, 0.4) is 0 Å². The first kappa shape index (κ1) is 19.5. The number of thiocarbonyl (C=S) groups is 1. The number of benzene rings is 2. The Morgan fingerprint density at radius 2 is 1.93 bits per heavy atom. The van der Waals surface area contributed by atoms with Crippen molar-refractivity contribution in [2.24, 2.45) is 0 Å². The molecule has 2 aromatic rings. The molecular weight excluding hydrogens is 360 g/mol. The highest BCUT2D eigenvalue weighted by atomic mass is 32.1. The Morgan fingerprint density at radius 3 is 2.59 bits per heavy atom. The SMILES string of the molecule is COc1ccc(NC(=S)N(Cc2cccc(OC)c2)CC2CCCO2)cc1. The normalized spacial score (nSPS) is 16.0. The first-order valence-corrected chi connectivity index (χ1v) is 9.53. The average Bonchev–Trinajstić information content (AvgIpc) is 3.21. The van der Waals surface area contributed by atoms with E-state index in [9.17, 15) is 0 Å². The van der Waals surface area contributed by atoms with E-state index in [4.69, 9.17) is 26.4 Å². The van der Waals surface area contributed by atoms with Gasteiger partial charge in [-0.2, -0.15) is 0 Å². The predicted octanol–water partition coefficient (Wildman–Crippen LogP) is 4.08. The lowest BCUT2D eigenvalue weighted by Crippen LogP contribution is -2.39. The molecule has 1 N–H and O–H groups in total. The summed E-state index contributed by atoms with van der Waals surface area (Å²) in [6.45, 7) is 2.29. The van der Waals surface area contributed by atoms with E-state index in [1.54, 1.807) is 14.2 Å². The Labute approximate surface area is 166 Å². The molecule has 1 unspecified atom stereocenters. The molecule has 0 bridgehead atoms. The van der Waals surface area contributed by atoms with E-state index in [1.807, 2.05) is 42.5 Å². The van der Waals surface area contributed by atoms with E-state index in [2.05, 4.69) is 16.3 Å². The van der Waals surface area contributed by atoms with Gasteiger partial charge in [0, 0.05) is 25.4 Å². The van der Waals surface area contributed by atoms with Crippen LogP contribution >= 0.6 is 12.2 Å². The van der Waals surface area contributed by atoms with Crippen molar-refractivity contribution in [3.8, 4) is 11.5 Å². The summed E-state index contributed by atoms with van der Waals surface area (Å²) in [7, 11) is 3.34. The van der Waals surface area contributed by atoms with Gasteiger partial charge in [-0.15, -0.1) is 0 Å². The van der Waals surface area contributed by atoms with Gasteiger partial charge in [0.05, 0.1) is 20.3 Å². The van der Waals surface area contributed by atoms with Crippen LogP contribution in [0.5, 0.6) is 11.5 Å². The third-order valence-electron chi connectivity index (χ3n) is 4.58. The zero-order valence-electron chi connectivity index (χ0n) is 15.8. The monoisotopic (exact) mass is 386 g/mol. The van der Waals surface area contributed by atoms with Crippen molar-refractivity contribution in [1.82, 2.24) is 4.90 Å². The lowest BCUT2D eigenvalue weighted by Gasteiger charge is -2.28. The molecule has 5 nitrogen and oxygen atoms in total. The maximum absolute atomic E-state index is 5.83. The van der Waals surface area contributed by atoms with E-state index >= 15 is 0 Å². The number of nitrogens with zero attached hydrogens (tertiary/aromatic N) is 1. The van der Waals surface area contributed by atoms with Crippen LogP contribution in [0.25, 0.3) is 0 Å². The minimum absolute atomic E-state index is 0.214. The fourth-order valence-corrected chi connectivity index (χ4v) is 3.38. The predicted molar refractivity (Wildman–Crippen MR) is 112 cm³/mol. The largest absolute Gasteiger partial charge is 0.497 e. The van der Waals surface area contributed by atoms with Crippen molar-refractivity contribution in [2.45, 2.75) is 25.5 Å². The summed E-state index contributed by atoms with van der Waals surface area (Å²) in [5, 5.41) is 4.01. The van der Waals surface area contributed by atoms with Crippen molar-refractivity contribution in [1.29, 1.82) is 0 Å². The lowest BCUT2D eigenvalue weighted by atomic mass is 10.2. The molecule has 1 aliphatic heterocycles. The molecular formula is C21H26N2O3S. The van der Waals surface area contributed by atoms with Gasteiger partial charge in [-0.25, -0.2) is 0 Å². The van der Waals surface area contributed by atoms with Gasteiger partial charge >= 0.3 is 0 Å². The van der Waals surface area contributed by atoms with Crippen LogP contribution in [0.2, 0.25) is 0 Å². The molecule has 1 aliphatic rings. The van der Waals surface area contributed by atoms with E-state index in [0.717, 1.165) is 48.7 Å². The molecule has 0 radical (unpaired) electrons. The van der Waals surface area contributed by atoms with Crippen LogP contribution in [-0.2, 0) is 11.3 Å². The van der Waals surface area contributed by atoms with E-state index in [0.29, 0.717) is 11.7 Å². The molecule has 27 heavy (non-hydrogen) atoms. The highest BCUT2D eigenvalue weighted by Gasteiger charge is 2.21. The average molecular weight is 387 g/mol. The quantitative estimate of drug-likeness (QED) is 0.723. The Bertz CT molecular complexity index is 745. The van der Waals surface area contributed by atoms with Crippen molar-refractivity contribution in [3.05, 3.63) is 54.1 Å². The van der Waals surface area contributed by atoms with Crippen molar-refractivity contribution >= 4 is 23.0 Å².